The molecule has 1 aliphatic heterocycles. The second-order valence-corrected chi connectivity index (χ2v) is 11.4. The van der Waals surface area contributed by atoms with Crippen molar-refractivity contribution in [1.29, 1.82) is 0 Å². The van der Waals surface area contributed by atoms with Crippen LogP contribution in [0.1, 0.15) is 37.5 Å². The van der Waals surface area contributed by atoms with E-state index >= 15 is 0 Å². The van der Waals surface area contributed by atoms with E-state index in [2.05, 4.69) is 31.6 Å². The maximum absolute atomic E-state index is 12.7. The van der Waals surface area contributed by atoms with Crippen molar-refractivity contribution in [3.05, 3.63) is 65.4 Å². The lowest BCUT2D eigenvalue weighted by atomic mass is 10.1. The Morgan fingerprint density at radius 1 is 1.08 bits per heavy atom. The number of piperazine rings is 1. The molecule has 39 heavy (non-hydrogen) atoms. The van der Waals surface area contributed by atoms with Gasteiger partial charge in [-0.15, -0.1) is 0 Å². The van der Waals surface area contributed by atoms with Crippen LogP contribution < -0.4 is 9.62 Å². The minimum absolute atomic E-state index is 0.263. The summed E-state index contributed by atoms with van der Waals surface area (Å²) in [5.41, 5.74) is 5.46. The van der Waals surface area contributed by atoms with Gasteiger partial charge in [0.05, 0.1) is 5.71 Å². The third kappa shape index (κ3) is 6.60. The number of aromatic nitrogens is 1. The largest absolute Gasteiger partial charge is 0.480 e. The van der Waals surface area contributed by atoms with Gasteiger partial charge in [0.1, 0.15) is 13.2 Å². The quantitative estimate of drug-likeness (QED) is 0.224. The second-order valence-electron chi connectivity index (χ2n) is 9.69. The molecule has 0 amide bonds. The van der Waals surface area contributed by atoms with Crippen LogP contribution in [-0.4, -0.2) is 73.8 Å². The van der Waals surface area contributed by atoms with Gasteiger partial charge in [-0.05, 0) is 55.3 Å². The van der Waals surface area contributed by atoms with Crippen LogP contribution in [0.2, 0.25) is 0 Å². The van der Waals surface area contributed by atoms with Crippen LogP contribution in [0.25, 0.3) is 10.9 Å². The SMILES string of the molecule is CON=C(C)c1c[nH]c2ccc(C#Cc3ccc(N4CCN(S(=O)(=O)NC(C(=O)O)C(C)C)CC4)cc3)cc12. The number of anilines is 1. The number of aliphatic carboxylic acids is 1. The topological polar surface area (TPSA) is 127 Å². The molecule has 1 aromatic heterocycles. The van der Waals surface area contributed by atoms with Gasteiger partial charge < -0.3 is 19.8 Å². The molecule has 1 aliphatic rings. The van der Waals surface area contributed by atoms with Crippen molar-refractivity contribution in [1.82, 2.24) is 14.0 Å². The Morgan fingerprint density at radius 2 is 1.72 bits per heavy atom. The molecular formula is C28H33N5O5S. The maximum Gasteiger partial charge on any atom is 0.322 e. The predicted molar refractivity (Wildman–Crippen MR) is 152 cm³/mol. The fourth-order valence-electron chi connectivity index (χ4n) is 4.48. The molecule has 0 saturated carbocycles. The van der Waals surface area contributed by atoms with Gasteiger partial charge in [0.25, 0.3) is 10.2 Å². The highest BCUT2D eigenvalue weighted by atomic mass is 32.2. The van der Waals surface area contributed by atoms with Gasteiger partial charge in [0, 0.05) is 65.7 Å². The summed E-state index contributed by atoms with van der Waals surface area (Å²) in [7, 11) is -2.37. The number of oxime groups is 1. The lowest BCUT2D eigenvalue weighted by molar-refractivity contribution is -0.140. The number of rotatable bonds is 8. The van der Waals surface area contributed by atoms with Crippen molar-refractivity contribution >= 4 is 38.5 Å². The Labute approximate surface area is 228 Å². The van der Waals surface area contributed by atoms with E-state index in [1.165, 1.54) is 11.4 Å². The molecular weight excluding hydrogens is 518 g/mol. The van der Waals surface area contributed by atoms with E-state index in [9.17, 15) is 18.3 Å². The summed E-state index contributed by atoms with van der Waals surface area (Å²) >= 11 is 0. The number of nitrogens with zero attached hydrogens (tertiary/aromatic N) is 3. The first kappa shape index (κ1) is 28.2. The zero-order chi connectivity index (χ0) is 28.2. The summed E-state index contributed by atoms with van der Waals surface area (Å²) in [6.45, 7) is 6.75. The Hall–Kier alpha value is -3.85. The average Bonchev–Trinajstić information content (AvgIpc) is 3.34. The Balaban J connectivity index is 1.40. The van der Waals surface area contributed by atoms with Crippen LogP contribution in [0.5, 0.6) is 0 Å². The number of H-pyrrole nitrogens is 1. The van der Waals surface area contributed by atoms with E-state index in [0.717, 1.165) is 39.0 Å². The maximum atomic E-state index is 12.7. The van der Waals surface area contributed by atoms with Gasteiger partial charge in [0.15, 0.2) is 0 Å². The Kier molecular flexibility index (Phi) is 8.60. The number of hydrogen-bond acceptors (Lipinski definition) is 6. The van der Waals surface area contributed by atoms with Crippen molar-refractivity contribution in [3.8, 4) is 11.8 Å². The van der Waals surface area contributed by atoms with E-state index in [1.807, 2.05) is 55.6 Å². The predicted octanol–water partition coefficient (Wildman–Crippen LogP) is 3.00. The number of carbonyl (C=O) groups is 1. The standard InChI is InChI=1S/C28H33N5O5S/c1-19(2)27(28(34)35)31-39(36,37)33-15-13-32(14-16-33)23-10-7-21(8-11-23)5-6-22-9-12-26-24(17-22)25(18-29-26)20(3)30-38-4/h7-12,17-19,27,29,31H,13-16H2,1-4H3,(H,34,35). The second kappa shape index (κ2) is 11.9. The zero-order valence-electron chi connectivity index (χ0n) is 22.4. The fraction of sp³-hybridized carbons (Fsp3) is 0.357. The summed E-state index contributed by atoms with van der Waals surface area (Å²) < 4.78 is 29.1. The number of hydrogen-bond donors (Lipinski definition) is 3. The van der Waals surface area contributed by atoms with Crippen LogP contribution in [0.4, 0.5) is 5.69 Å². The Bertz CT molecular complexity index is 1530. The van der Waals surface area contributed by atoms with Gasteiger partial charge in [-0.1, -0.05) is 30.8 Å². The molecule has 2 aromatic carbocycles. The number of carboxylic acid groups (broad SMARTS) is 1. The fourth-order valence-corrected chi connectivity index (χ4v) is 5.96. The molecule has 1 unspecified atom stereocenters. The molecule has 10 nitrogen and oxygen atoms in total. The van der Waals surface area contributed by atoms with Crippen molar-refractivity contribution in [2.75, 3.05) is 38.2 Å². The van der Waals surface area contributed by atoms with E-state index in [-0.39, 0.29) is 19.0 Å². The molecule has 3 aromatic rings. The van der Waals surface area contributed by atoms with Gasteiger partial charge in [0.2, 0.25) is 0 Å². The molecule has 0 spiro atoms. The van der Waals surface area contributed by atoms with Crippen LogP contribution >= 0.6 is 0 Å². The smallest absolute Gasteiger partial charge is 0.322 e. The normalized spacial score (nSPS) is 15.7. The van der Waals surface area contributed by atoms with E-state index in [0.29, 0.717) is 13.1 Å². The number of fused-ring (bicyclic) bond motifs is 1. The molecule has 3 N–H and O–H groups in total. The number of aromatic amines is 1. The van der Waals surface area contributed by atoms with Crippen molar-refractivity contribution in [2.45, 2.75) is 26.8 Å². The summed E-state index contributed by atoms with van der Waals surface area (Å²) in [5.74, 6) is 4.88. The molecule has 1 atom stereocenters. The van der Waals surface area contributed by atoms with Gasteiger partial charge >= 0.3 is 5.97 Å². The summed E-state index contributed by atoms with van der Waals surface area (Å²) in [5, 5.41) is 14.4. The minimum atomic E-state index is -3.90. The minimum Gasteiger partial charge on any atom is -0.480 e. The van der Waals surface area contributed by atoms with E-state index < -0.39 is 22.2 Å². The molecule has 0 aliphatic carbocycles. The third-order valence-corrected chi connectivity index (χ3v) is 8.27. The first-order chi connectivity index (χ1) is 18.6. The molecule has 1 saturated heterocycles. The van der Waals surface area contributed by atoms with Gasteiger partial charge in [-0.25, -0.2) is 0 Å². The van der Waals surface area contributed by atoms with Crippen molar-refractivity contribution in [3.63, 3.8) is 0 Å². The highest BCUT2D eigenvalue weighted by Crippen LogP contribution is 2.21. The molecule has 0 radical (unpaired) electrons. The molecule has 0 bridgehead atoms. The highest BCUT2D eigenvalue weighted by molar-refractivity contribution is 7.87. The summed E-state index contributed by atoms with van der Waals surface area (Å²) in [6, 6.07) is 12.7. The summed E-state index contributed by atoms with van der Waals surface area (Å²) in [6.07, 6.45) is 1.91. The Morgan fingerprint density at radius 3 is 2.33 bits per heavy atom. The van der Waals surface area contributed by atoms with E-state index in [1.54, 1.807) is 13.8 Å². The van der Waals surface area contributed by atoms with Crippen molar-refractivity contribution < 1.29 is 23.2 Å². The summed E-state index contributed by atoms with van der Waals surface area (Å²) in [4.78, 5) is 21.7. The first-order valence-electron chi connectivity index (χ1n) is 12.7. The number of carboxylic acids is 1. The monoisotopic (exact) mass is 551 g/mol. The average molecular weight is 552 g/mol. The van der Waals surface area contributed by atoms with Crippen LogP contribution in [0, 0.1) is 17.8 Å². The molecule has 2 heterocycles. The van der Waals surface area contributed by atoms with Crippen LogP contribution in [0.3, 0.4) is 0 Å². The van der Waals surface area contributed by atoms with Crippen LogP contribution in [0.15, 0.2) is 53.8 Å². The number of nitrogens with one attached hydrogen (secondary N) is 2. The first-order valence-corrected chi connectivity index (χ1v) is 14.1. The lowest BCUT2D eigenvalue weighted by Crippen LogP contribution is -2.55. The highest BCUT2D eigenvalue weighted by Gasteiger charge is 2.32. The number of benzene rings is 2. The molecule has 1 fully saturated rings. The van der Waals surface area contributed by atoms with Gasteiger partial charge in [-0.3, -0.25) is 4.79 Å². The van der Waals surface area contributed by atoms with Crippen molar-refractivity contribution in [2.24, 2.45) is 11.1 Å². The van der Waals surface area contributed by atoms with Crippen LogP contribution in [-0.2, 0) is 19.8 Å². The molecule has 11 heteroatoms. The third-order valence-electron chi connectivity index (χ3n) is 6.67. The van der Waals surface area contributed by atoms with Gasteiger partial charge in [-0.2, -0.15) is 17.4 Å². The molecule has 4 rings (SSSR count). The van der Waals surface area contributed by atoms with E-state index in [4.69, 9.17) is 4.84 Å². The molecule has 206 valence electrons. The zero-order valence-corrected chi connectivity index (χ0v) is 23.2. The lowest BCUT2D eigenvalue weighted by Gasteiger charge is -2.36.